The Morgan fingerprint density at radius 2 is 1.30 bits per heavy atom. The van der Waals surface area contributed by atoms with E-state index in [1.54, 1.807) is 12.1 Å². The lowest BCUT2D eigenvalue weighted by molar-refractivity contribution is -0.150. The number of alkyl halides is 1. The van der Waals surface area contributed by atoms with Crippen molar-refractivity contribution in [2.24, 2.45) is 17.6 Å². The van der Waals surface area contributed by atoms with E-state index in [2.05, 4.69) is 10.6 Å². The van der Waals surface area contributed by atoms with Crippen LogP contribution in [0.4, 0.5) is 0 Å². The van der Waals surface area contributed by atoms with E-state index in [1.165, 1.54) is 43.0 Å². The number of rotatable bonds is 23. The normalized spacial score (nSPS) is 15.0. The predicted octanol–water partition coefficient (Wildman–Crippen LogP) is 3.02. The Labute approximate surface area is 302 Å². The van der Waals surface area contributed by atoms with E-state index in [4.69, 9.17) is 17.3 Å². The molecule has 0 saturated heterocycles. The number of aliphatic hydroxyl groups excluding tert-OH is 1. The van der Waals surface area contributed by atoms with Crippen molar-refractivity contribution < 1.29 is 39.3 Å². The molecule has 6 atom stereocenters. The third-order valence-electron chi connectivity index (χ3n) is 8.67. The quantitative estimate of drug-likeness (QED) is 0.0724. The minimum Gasteiger partial charge on any atom is -0.508 e. The summed E-state index contributed by atoms with van der Waals surface area (Å²) in [6, 6.07) is 0.726. The maximum absolute atomic E-state index is 14.1. The molecule has 50 heavy (non-hydrogen) atoms. The number of phenolic OH excluding ortho intramolecular Hbond substituents is 1. The van der Waals surface area contributed by atoms with Gasteiger partial charge in [-0.3, -0.25) is 19.2 Å². The van der Waals surface area contributed by atoms with Gasteiger partial charge in [0.25, 0.3) is 5.91 Å². The number of nitrogens with one attached hydrogen (secondary N) is 2. The highest BCUT2D eigenvalue weighted by atomic mass is 35.5. The van der Waals surface area contributed by atoms with E-state index in [-0.39, 0.29) is 36.8 Å². The Morgan fingerprint density at radius 3 is 1.84 bits per heavy atom. The number of halogens is 1. The number of aliphatic hydroxyl groups is 1. The summed E-state index contributed by atoms with van der Waals surface area (Å²) in [7, 11) is 2.91. The number of carboxylic acid groups (broad SMARTS) is 1. The van der Waals surface area contributed by atoms with Crippen LogP contribution in [0.25, 0.3) is 0 Å². The minimum atomic E-state index is -1.52. The molecule has 0 fully saturated rings. The fraction of sp³-hybridized carbons (Fsp3) is 0.694. The summed E-state index contributed by atoms with van der Waals surface area (Å²) in [4.78, 5) is 68.7. The van der Waals surface area contributed by atoms with Crippen LogP contribution in [-0.4, -0.2) is 111 Å². The third-order valence-corrected chi connectivity index (χ3v) is 8.94. The standard InChI is InChI=1S/C36H60ClN5O8/c1-22(2)19-29(32(45)40-28(36(49)50)21-25-14-16-26(43)17-15-25)41(6)35(48)30(20-23(3)4)42(7)34(47)24(5)39-33(46)31(44)27(38)13-11-9-8-10-12-18-37/h14-17,22-24,27-31,43-44H,8-13,18-21,38H2,1-7H3,(H,39,46)(H,40,45)(H,49,50)/t24-,27-,28-,29-,30-,31-/m0/s1. The molecule has 0 aromatic heterocycles. The Balaban J connectivity index is 3.07. The number of aliphatic carboxylic acids is 1. The van der Waals surface area contributed by atoms with Crippen molar-refractivity contribution in [1.82, 2.24) is 20.4 Å². The topological polar surface area (TPSA) is 203 Å². The van der Waals surface area contributed by atoms with Crippen LogP contribution >= 0.6 is 11.6 Å². The zero-order valence-electron chi connectivity index (χ0n) is 30.7. The van der Waals surface area contributed by atoms with E-state index in [1.807, 2.05) is 27.7 Å². The number of benzene rings is 1. The van der Waals surface area contributed by atoms with Gasteiger partial charge in [-0.25, -0.2) is 4.79 Å². The van der Waals surface area contributed by atoms with E-state index in [0.29, 0.717) is 17.9 Å². The van der Waals surface area contributed by atoms with Gasteiger partial charge >= 0.3 is 5.97 Å². The van der Waals surface area contributed by atoms with Gasteiger partial charge in [0.05, 0.1) is 0 Å². The first-order valence-electron chi connectivity index (χ1n) is 17.5. The number of nitrogens with zero attached hydrogens (tertiary/aromatic N) is 2. The van der Waals surface area contributed by atoms with E-state index in [9.17, 15) is 39.3 Å². The monoisotopic (exact) mass is 725 g/mol. The smallest absolute Gasteiger partial charge is 0.326 e. The van der Waals surface area contributed by atoms with Crippen molar-refractivity contribution in [3.8, 4) is 5.75 Å². The first kappa shape index (κ1) is 44.6. The number of carbonyl (C=O) groups excluding carboxylic acids is 4. The summed E-state index contributed by atoms with van der Waals surface area (Å²) in [6.45, 7) is 8.98. The van der Waals surface area contributed by atoms with Gasteiger partial charge in [-0.15, -0.1) is 11.6 Å². The maximum atomic E-state index is 14.1. The molecule has 1 rings (SSSR count). The SMILES string of the molecule is CC(C)C[C@@H](C(=O)N(C)[C@@H](CC(C)C)C(=O)N[C@@H](Cc1ccc(O)cc1)C(=O)O)N(C)C(=O)[C@H](C)NC(=O)[C@@H](O)[C@@H](N)CCCCCCCCl. The largest absolute Gasteiger partial charge is 0.508 e. The number of carbonyl (C=O) groups is 5. The predicted molar refractivity (Wildman–Crippen MR) is 193 cm³/mol. The molecule has 0 aliphatic heterocycles. The van der Waals surface area contributed by atoms with Gasteiger partial charge in [0.1, 0.15) is 36.0 Å². The number of nitrogens with two attached hydrogens (primary N) is 1. The fourth-order valence-corrected chi connectivity index (χ4v) is 5.85. The first-order chi connectivity index (χ1) is 23.4. The van der Waals surface area contributed by atoms with Gasteiger partial charge in [0.15, 0.2) is 0 Å². The van der Waals surface area contributed by atoms with E-state index >= 15 is 0 Å². The van der Waals surface area contributed by atoms with Crippen LogP contribution in [0.15, 0.2) is 24.3 Å². The van der Waals surface area contributed by atoms with Gasteiger partial charge in [-0.2, -0.15) is 0 Å². The molecular weight excluding hydrogens is 666 g/mol. The molecule has 0 aliphatic rings. The molecule has 0 saturated carbocycles. The van der Waals surface area contributed by atoms with Crippen LogP contribution < -0.4 is 16.4 Å². The molecule has 284 valence electrons. The van der Waals surface area contributed by atoms with Crippen LogP contribution in [0.1, 0.15) is 91.5 Å². The summed E-state index contributed by atoms with van der Waals surface area (Å²) in [5.41, 5.74) is 6.66. The van der Waals surface area contributed by atoms with E-state index < -0.39 is 65.9 Å². The summed E-state index contributed by atoms with van der Waals surface area (Å²) in [5, 5.41) is 35.1. The van der Waals surface area contributed by atoms with Gasteiger partial charge in [0.2, 0.25) is 17.7 Å². The Kier molecular flexibility index (Phi) is 20.0. The Bertz CT molecular complexity index is 1230. The Morgan fingerprint density at radius 1 is 0.780 bits per heavy atom. The number of hydrogen-bond donors (Lipinski definition) is 6. The number of aromatic hydroxyl groups is 1. The highest BCUT2D eigenvalue weighted by Gasteiger charge is 2.38. The van der Waals surface area contributed by atoms with Gasteiger partial charge in [0, 0.05) is 32.4 Å². The lowest BCUT2D eigenvalue weighted by atomic mass is 9.97. The number of hydrogen-bond acceptors (Lipinski definition) is 8. The molecule has 0 heterocycles. The van der Waals surface area contributed by atoms with Crippen molar-refractivity contribution in [3.05, 3.63) is 29.8 Å². The van der Waals surface area contributed by atoms with Crippen molar-refractivity contribution in [1.29, 1.82) is 0 Å². The fourth-order valence-electron chi connectivity index (χ4n) is 5.66. The van der Waals surface area contributed by atoms with Crippen LogP contribution in [-0.2, 0) is 30.4 Å². The second kappa shape index (κ2) is 22.4. The second-order valence-electron chi connectivity index (χ2n) is 14.0. The van der Waals surface area contributed by atoms with Gasteiger partial charge in [-0.1, -0.05) is 65.5 Å². The third kappa shape index (κ3) is 15.2. The minimum absolute atomic E-state index is 0.0236. The molecule has 1 aromatic rings. The molecular formula is C36H60ClN5O8. The second-order valence-corrected chi connectivity index (χ2v) is 14.4. The van der Waals surface area contributed by atoms with Crippen LogP contribution in [0.5, 0.6) is 5.75 Å². The molecule has 0 spiro atoms. The van der Waals surface area contributed by atoms with Gasteiger partial charge < -0.3 is 41.5 Å². The number of carboxylic acids is 1. The van der Waals surface area contributed by atoms with E-state index in [0.717, 1.165) is 32.1 Å². The van der Waals surface area contributed by atoms with Crippen LogP contribution in [0.2, 0.25) is 0 Å². The lowest BCUT2D eigenvalue weighted by Crippen LogP contribution is -2.59. The molecule has 14 heteroatoms. The summed E-state index contributed by atoms with van der Waals surface area (Å²) < 4.78 is 0. The highest BCUT2D eigenvalue weighted by molar-refractivity contribution is 6.17. The number of amides is 4. The van der Waals surface area contributed by atoms with Crippen molar-refractivity contribution in [3.63, 3.8) is 0 Å². The lowest BCUT2D eigenvalue weighted by Gasteiger charge is -2.37. The number of likely N-dealkylation sites (N-methyl/N-ethyl adjacent to an activating group) is 2. The van der Waals surface area contributed by atoms with Crippen molar-refractivity contribution in [2.45, 2.75) is 129 Å². The zero-order valence-corrected chi connectivity index (χ0v) is 31.5. The molecule has 13 nitrogen and oxygen atoms in total. The van der Waals surface area contributed by atoms with Gasteiger partial charge in [-0.05, 0) is 62.1 Å². The summed E-state index contributed by atoms with van der Waals surface area (Å²) in [5.74, 6) is -3.24. The maximum Gasteiger partial charge on any atom is 0.326 e. The van der Waals surface area contributed by atoms with Crippen molar-refractivity contribution >= 4 is 41.2 Å². The number of phenols is 1. The molecule has 1 aromatic carbocycles. The summed E-state index contributed by atoms with van der Waals surface area (Å²) >= 11 is 5.70. The average Bonchev–Trinajstić information content (AvgIpc) is 3.06. The molecule has 0 radical (unpaired) electrons. The van der Waals surface area contributed by atoms with Crippen molar-refractivity contribution in [2.75, 3.05) is 20.0 Å². The molecule has 0 aliphatic carbocycles. The molecule has 7 N–H and O–H groups in total. The van der Waals surface area contributed by atoms with Crippen LogP contribution in [0.3, 0.4) is 0 Å². The number of unbranched alkanes of at least 4 members (excludes halogenated alkanes) is 4. The molecule has 0 bridgehead atoms. The average molecular weight is 726 g/mol. The van der Waals surface area contributed by atoms with Crippen LogP contribution in [0, 0.1) is 11.8 Å². The molecule has 0 unspecified atom stereocenters. The zero-order chi connectivity index (χ0) is 38.1. The highest BCUT2D eigenvalue weighted by Crippen LogP contribution is 2.20. The summed E-state index contributed by atoms with van der Waals surface area (Å²) in [6.07, 6.45) is 3.91. The Hall–Kier alpha value is -3.42. The molecule has 4 amide bonds. The first-order valence-corrected chi connectivity index (χ1v) is 18.1.